The highest BCUT2D eigenvalue weighted by Gasteiger charge is 2.47. The van der Waals surface area contributed by atoms with E-state index in [-0.39, 0.29) is 12.4 Å². The van der Waals surface area contributed by atoms with Crippen LogP contribution in [0.25, 0.3) is 0 Å². The van der Waals surface area contributed by atoms with Crippen molar-refractivity contribution < 1.29 is 38.1 Å². The Kier molecular flexibility index (Phi) is 8.16. The van der Waals surface area contributed by atoms with E-state index in [1.165, 1.54) is 0 Å². The highest BCUT2D eigenvalue weighted by Crippen LogP contribution is 2.26. The number of Topliss-reactive ketones (excluding diaryl/α,β-unsaturated/α-hetero) is 1. The predicted molar refractivity (Wildman–Crippen MR) is 107 cm³/mol. The van der Waals surface area contributed by atoms with Crippen LogP contribution in [0.4, 0.5) is 5.82 Å². The summed E-state index contributed by atoms with van der Waals surface area (Å²) in [7, 11) is 1.16. The van der Waals surface area contributed by atoms with Crippen molar-refractivity contribution in [2.75, 3.05) is 17.8 Å². The van der Waals surface area contributed by atoms with E-state index in [2.05, 4.69) is 10.3 Å². The number of ketones is 1. The number of ether oxygens (including phenoxy) is 4. The second kappa shape index (κ2) is 10.4. The summed E-state index contributed by atoms with van der Waals surface area (Å²) >= 11 is 5.59. The molecule has 0 amide bonds. The molecular formula is C18H22ClN3O10. The van der Waals surface area contributed by atoms with Gasteiger partial charge in [-0.2, -0.15) is 0 Å². The Morgan fingerprint density at radius 1 is 1.06 bits per heavy atom. The lowest BCUT2D eigenvalue weighted by Gasteiger charge is -2.40. The second-order valence-corrected chi connectivity index (χ2v) is 7.06. The second-order valence-electron chi connectivity index (χ2n) is 6.80. The SMILES string of the molecule is CC(=O)OC1COC(Nc2[nH]c(=O)n(C)c(=O)c2C(=O)CCl)C(OC(C)=O)C1OC(C)=O. The molecule has 13 nitrogen and oxygen atoms in total. The van der Waals surface area contributed by atoms with Crippen LogP contribution in [0.15, 0.2) is 9.59 Å². The first-order valence-electron chi connectivity index (χ1n) is 9.28. The first-order chi connectivity index (χ1) is 15.0. The van der Waals surface area contributed by atoms with Crippen LogP contribution in [-0.2, 0) is 40.4 Å². The van der Waals surface area contributed by atoms with Gasteiger partial charge in [-0.25, -0.2) is 4.79 Å². The van der Waals surface area contributed by atoms with E-state index in [9.17, 15) is 28.8 Å². The van der Waals surface area contributed by atoms with Crippen molar-refractivity contribution in [2.24, 2.45) is 7.05 Å². The highest BCUT2D eigenvalue weighted by atomic mass is 35.5. The number of halogens is 1. The molecular weight excluding hydrogens is 454 g/mol. The number of rotatable bonds is 7. The topological polar surface area (TPSA) is 172 Å². The maximum Gasteiger partial charge on any atom is 0.329 e. The van der Waals surface area contributed by atoms with Gasteiger partial charge in [-0.1, -0.05) is 0 Å². The Balaban J connectivity index is 2.52. The van der Waals surface area contributed by atoms with Crippen molar-refractivity contribution in [1.29, 1.82) is 0 Å². The van der Waals surface area contributed by atoms with Gasteiger partial charge in [-0.05, 0) is 0 Å². The van der Waals surface area contributed by atoms with Crippen LogP contribution in [-0.4, -0.2) is 70.3 Å². The number of nitrogens with zero attached hydrogens (tertiary/aromatic N) is 1. The van der Waals surface area contributed by atoms with E-state index in [0.717, 1.165) is 27.8 Å². The van der Waals surface area contributed by atoms with Crippen LogP contribution in [0, 0.1) is 0 Å². The number of hydrogen-bond acceptors (Lipinski definition) is 11. The molecule has 0 aliphatic carbocycles. The fourth-order valence-corrected chi connectivity index (χ4v) is 3.19. The molecule has 2 N–H and O–H groups in total. The average Bonchev–Trinajstić information content (AvgIpc) is 2.69. The maximum absolute atomic E-state index is 12.5. The minimum atomic E-state index is -1.39. The quantitative estimate of drug-likeness (QED) is 0.215. The van der Waals surface area contributed by atoms with Gasteiger partial charge in [0.2, 0.25) is 0 Å². The fourth-order valence-electron chi connectivity index (χ4n) is 3.06. The Bertz CT molecular complexity index is 1030. The van der Waals surface area contributed by atoms with Crippen molar-refractivity contribution in [3.8, 4) is 0 Å². The molecule has 1 aromatic rings. The van der Waals surface area contributed by atoms with E-state index in [4.69, 9.17) is 30.5 Å². The Morgan fingerprint density at radius 3 is 2.16 bits per heavy atom. The average molecular weight is 476 g/mol. The van der Waals surface area contributed by atoms with Crippen LogP contribution in [0.1, 0.15) is 31.1 Å². The van der Waals surface area contributed by atoms with Gasteiger partial charge < -0.3 is 24.3 Å². The van der Waals surface area contributed by atoms with Crippen molar-refractivity contribution >= 4 is 41.1 Å². The number of aromatic nitrogens is 2. The molecule has 176 valence electrons. The summed E-state index contributed by atoms with van der Waals surface area (Å²) in [5.41, 5.74) is -2.23. The summed E-state index contributed by atoms with van der Waals surface area (Å²) < 4.78 is 21.8. The van der Waals surface area contributed by atoms with E-state index < -0.39 is 70.9 Å². The van der Waals surface area contributed by atoms with E-state index in [1.54, 1.807) is 0 Å². The van der Waals surface area contributed by atoms with Gasteiger partial charge >= 0.3 is 23.6 Å². The molecule has 0 saturated carbocycles. The third-order valence-electron chi connectivity index (χ3n) is 4.34. The first-order valence-corrected chi connectivity index (χ1v) is 9.82. The van der Waals surface area contributed by atoms with Gasteiger partial charge in [0.25, 0.3) is 5.56 Å². The number of alkyl halides is 1. The molecule has 1 aromatic heterocycles. The molecule has 2 heterocycles. The zero-order valence-corrected chi connectivity index (χ0v) is 18.4. The molecule has 1 aliphatic rings. The number of hydrogen-bond donors (Lipinski definition) is 2. The van der Waals surface area contributed by atoms with Gasteiger partial charge in [0.1, 0.15) is 11.4 Å². The van der Waals surface area contributed by atoms with Gasteiger partial charge in [-0.15, -0.1) is 11.6 Å². The summed E-state index contributed by atoms with van der Waals surface area (Å²) in [6.45, 7) is 3.01. The molecule has 4 atom stereocenters. The van der Waals surface area contributed by atoms with Crippen LogP contribution in [0.2, 0.25) is 0 Å². The molecule has 2 rings (SSSR count). The Labute approximate surface area is 185 Å². The van der Waals surface area contributed by atoms with Crippen LogP contribution < -0.4 is 16.6 Å². The summed E-state index contributed by atoms with van der Waals surface area (Å²) in [4.78, 5) is 73.9. The highest BCUT2D eigenvalue weighted by molar-refractivity contribution is 6.31. The van der Waals surface area contributed by atoms with Gasteiger partial charge in [0.15, 0.2) is 30.3 Å². The zero-order chi connectivity index (χ0) is 24.2. The van der Waals surface area contributed by atoms with Gasteiger partial charge in [0, 0.05) is 27.8 Å². The monoisotopic (exact) mass is 475 g/mol. The third kappa shape index (κ3) is 5.73. The molecule has 0 bridgehead atoms. The van der Waals surface area contributed by atoms with E-state index >= 15 is 0 Å². The molecule has 1 aliphatic heterocycles. The van der Waals surface area contributed by atoms with Crippen LogP contribution >= 0.6 is 11.6 Å². The van der Waals surface area contributed by atoms with Crippen LogP contribution in [0.5, 0.6) is 0 Å². The molecule has 14 heteroatoms. The number of esters is 3. The standard InChI is InChI=1S/C18H22ClN3O10/c1-7(23)30-11-6-29-16(14(32-9(3)25)13(11)31-8(2)24)20-15-12(10(26)5-19)17(27)22(4)18(28)21-15/h11,13-14,16,20H,5-6H2,1-4H3,(H,21,28). The predicted octanol–water partition coefficient (Wildman–Crippen LogP) is -0.942. The number of anilines is 1. The minimum Gasteiger partial charge on any atom is -0.456 e. The third-order valence-corrected chi connectivity index (χ3v) is 4.58. The van der Waals surface area contributed by atoms with Crippen molar-refractivity contribution in [2.45, 2.75) is 45.3 Å². The maximum atomic E-state index is 12.5. The van der Waals surface area contributed by atoms with Gasteiger partial charge in [0.05, 0.1) is 12.5 Å². The number of carbonyl (C=O) groups excluding carboxylic acids is 4. The number of nitrogens with one attached hydrogen (secondary N) is 2. The molecule has 0 radical (unpaired) electrons. The van der Waals surface area contributed by atoms with E-state index in [0.29, 0.717) is 4.57 Å². The lowest BCUT2D eigenvalue weighted by Crippen LogP contribution is -2.59. The Morgan fingerprint density at radius 2 is 1.62 bits per heavy atom. The molecule has 0 aromatic carbocycles. The smallest absolute Gasteiger partial charge is 0.329 e. The van der Waals surface area contributed by atoms with Crippen molar-refractivity contribution in [1.82, 2.24) is 9.55 Å². The molecule has 0 spiro atoms. The van der Waals surface area contributed by atoms with E-state index in [1.807, 2.05) is 0 Å². The normalized spacial score (nSPS) is 22.5. The molecule has 32 heavy (non-hydrogen) atoms. The largest absolute Gasteiger partial charge is 0.456 e. The summed E-state index contributed by atoms with van der Waals surface area (Å²) in [5.74, 6) is -3.93. The molecule has 1 saturated heterocycles. The lowest BCUT2D eigenvalue weighted by atomic mass is 10.0. The summed E-state index contributed by atoms with van der Waals surface area (Å²) in [6, 6.07) is 0. The van der Waals surface area contributed by atoms with Crippen molar-refractivity contribution in [3.63, 3.8) is 0 Å². The van der Waals surface area contributed by atoms with Crippen LogP contribution in [0.3, 0.4) is 0 Å². The van der Waals surface area contributed by atoms with Crippen molar-refractivity contribution in [3.05, 3.63) is 26.4 Å². The fraction of sp³-hybridized carbons (Fsp3) is 0.556. The van der Waals surface area contributed by atoms with Gasteiger partial charge in [-0.3, -0.25) is 33.5 Å². The summed E-state index contributed by atoms with van der Waals surface area (Å²) in [6.07, 6.45) is -5.12. The zero-order valence-electron chi connectivity index (χ0n) is 17.6. The molecule has 1 fully saturated rings. The summed E-state index contributed by atoms with van der Waals surface area (Å²) in [5, 5.41) is 2.63. The number of H-pyrrole nitrogens is 1. The molecule has 4 unspecified atom stereocenters. The lowest BCUT2D eigenvalue weighted by molar-refractivity contribution is -0.221. The minimum absolute atomic E-state index is 0.305. The number of carbonyl (C=O) groups is 4. The number of aromatic amines is 1. The first kappa shape index (κ1) is 25.1. The Hall–Kier alpha value is -3.19.